The van der Waals surface area contributed by atoms with Crippen LogP contribution >= 0.6 is 0 Å². The molecule has 0 spiro atoms. The van der Waals surface area contributed by atoms with E-state index in [9.17, 15) is 5.11 Å². The number of aliphatic hydroxyl groups excluding tert-OH is 1. The predicted octanol–water partition coefficient (Wildman–Crippen LogP) is 1.64. The number of hydrogen-bond acceptors (Lipinski definition) is 5. The molecule has 0 radical (unpaired) electrons. The summed E-state index contributed by atoms with van der Waals surface area (Å²) < 4.78 is 10.8. The fourth-order valence-corrected chi connectivity index (χ4v) is 1.61. The standard InChI is InChI=1S/C12H18N2O3/c1-7(2)17-12-9(6-15)11(16-3)13-10(14-12)8-4-5-8/h7-8,15H,4-6H2,1-3H3. The smallest absolute Gasteiger partial charge is 0.226 e. The molecule has 17 heavy (non-hydrogen) atoms. The molecule has 5 nitrogen and oxygen atoms in total. The normalized spacial score (nSPS) is 15.1. The van der Waals surface area contributed by atoms with Crippen molar-refractivity contribution < 1.29 is 14.6 Å². The van der Waals surface area contributed by atoms with Crippen molar-refractivity contribution in [1.29, 1.82) is 0 Å². The van der Waals surface area contributed by atoms with Crippen LogP contribution in [0.2, 0.25) is 0 Å². The zero-order valence-corrected chi connectivity index (χ0v) is 10.4. The van der Waals surface area contributed by atoms with Gasteiger partial charge in [-0.05, 0) is 26.7 Å². The molecular formula is C12H18N2O3. The molecule has 1 saturated carbocycles. The second-order valence-corrected chi connectivity index (χ2v) is 4.47. The zero-order valence-electron chi connectivity index (χ0n) is 10.4. The maximum absolute atomic E-state index is 9.35. The van der Waals surface area contributed by atoms with E-state index < -0.39 is 0 Å². The number of ether oxygens (including phenoxy) is 2. The van der Waals surface area contributed by atoms with Gasteiger partial charge in [-0.15, -0.1) is 0 Å². The largest absolute Gasteiger partial charge is 0.481 e. The summed E-state index contributed by atoms with van der Waals surface area (Å²) in [5.74, 6) is 2.04. The van der Waals surface area contributed by atoms with E-state index in [0.29, 0.717) is 23.2 Å². The van der Waals surface area contributed by atoms with Gasteiger partial charge in [0.1, 0.15) is 11.4 Å². The Morgan fingerprint density at radius 3 is 2.41 bits per heavy atom. The SMILES string of the molecule is COc1nc(C2CC2)nc(OC(C)C)c1CO. The van der Waals surface area contributed by atoms with E-state index >= 15 is 0 Å². The minimum atomic E-state index is -0.184. The Bertz CT molecular complexity index is 403. The van der Waals surface area contributed by atoms with Crippen molar-refractivity contribution >= 4 is 0 Å². The van der Waals surface area contributed by atoms with Crippen molar-refractivity contribution in [2.45, 2.75) is 45.3 Å². The van der Waals surface area contributed by atoms with Crippen molar-refractivity contribution in [2.75, 3.05) is 7.11 Å². The van der Waals surface area contributed by atoms with Crippen molar-refractivity contribution in [2.24, 2.45) is 0 Å². The number of rotatable bonds is 5. The lowest BCUT2D eigenvalue weighted by atomic mass is 10.3. The third-order valence-electron chi connectivity index (χ3n) is 2.59. The molecule has 1 aromatic rings. The topological polar surface area (TPSA) is 64.5 Å². The molecule has 1 aromatic heterocycles. The lowest BCUT2D eigenvalue weighted by Gasteiger charge is -2.15. The third kappa shape index (κ3) is 2.66. The first-order valence-electron chi connectivity index (χ1n) is 5.88. The Labute approximate surface area is 101 Å². The Morgan fingerprint density at radius 1 is 1.29 bits per heavy atom. The fraction of sp³-hybridized carbons (Fsp3) is 0.667. The maximum atomic E-state index is 9.35. The second kappa shape index (κ2) is 4.87. The fourth-order valence-electron chi connectivity index (χ4n) is 1.61. The molecule has 0 amide bonds. The summed E-state index contributed by atoms with van der Waals surface area (Å²) >= 11 is 0. The molecule has 1 fully saturated rings. The van der Waals surface area contributed by atoms with Gasteiger partial charge in [0.15, 0.2) is 0 Å². The van der Waals surface area contributed by atoms with Gasteiger partial charge in [0.25, 0.3) is 0 Å². The van der Waals surface area contributed by atoms with E-state index in [-0.39, 0.29) is 12.7 Å². The molecule has 1 aliphatic rings. The van der Waals surface area contributed by atoms with Gasteiger partial charge in [-0.3, -0.25) is 0 Å². The summed E-state index contributed by atoms with van der Waals surface area (Å²) in [5, 5.41) is 9.35. The van der Waals surface area contributed by atoms with Gasteiger partial charge < -0.3 is 14.6 Å². The summed E-state index contributed by atoms with van der Waals surface area (Å²) in [5.41, 5.74) is 0.519. The highest BCUT2D eigenvalue weighted by molar-refractivity contribution is 5.36. The maximum Gasteiger partial charge on any atom is 0.226 e. The summed E-state index contributed by atoms with van der Waals surface area (Å²) in [6.07, 6.45) is 2.23. The Kier molecular flexibility index (Phi) is 3.47. The molecule has 0 aliphatic heterocycles. The number of methoxy groups -OCH3 is 1. The molecule has 0 aromatic carbocycles. The quantitative estimate of drug-likeness (QED) is 0.844. The number of nitrogens with zero attached hydrogens (tertiary/aromatic N) is 2. The first-order chi connectivity index (χ1) is 8.15. The van der Waals surface area contributed by atoms with Crippen molar-refractivity contribution in [3.05, 3.63) is 11.4 Å². The summed E-state index contributed by atoms with van der Waals surface area (Å²) in [7, 11) is 1.54. The van der Waals surface area contributed by atoms with Crippen LogP contribution in [-0.2, 0) is 6.61 Å². The first kappa shape index (κ1) is 12.1. The molecular weight excluding hydrogens is 220 g/mol. The monoisotopic (exact) mass is 238 g/mol. The molecule has 94 valence electrons. The lowest BCUT2D eigenvalue weighted by molar-refractivity contribution is 0.210. The number of aromatic nitrogens is 2. The lowest BCUT2D eigenvalue weighted by Crippen LogP contribution is -2.12. The second-order valence-electron chi connectivity index (χ2n) is 4.47. The molecule has 0 unspecified atom stereocenters. The molecule has 0 bridgehead atoms. The predicted molar refractivity (Wildman–Crippen MR) is 62.2 cm³/mol. The summed E-state index contributed by atoms with van der Waals surface area (Å²) in [6.45, 7) is 3.66. The van der Waals surface area contributed by atoms with Gasteiger partial charge in [0.05, 0.1) is 19.8 Å². The van der Waals surface area contributed by atoms with Crippen molar-refractivity contribution in [3.63, 3.8) is 0 Å². The van der Waals surface area contributed by atoms with Crippen LogP contribution in [0, 0.1) is 0 Å². The molecule has 1 aliphatic carbocycles. The Hall–Kier alpha value is -1.36. The average Bonchev–Trinajstić information content (AvgIpc) is 3.10. The van der Waals surface area contributed by atoms with Gasteiger partial charge in [0, 0.05) is 5.92 Å². The minimum absolute atomic E-state index is 0.00644. The van der Waals surface area contributed by atoms with Crippen LogP contribution in [-0.4, -0.2) is 28.3 Å². The molecule has 0 saturated heterocycles. The van der Waals surface area contributed by atoms with Crippen LogP contribution in [0.4, 0.5) is 0 Å². The van der Waals surface area contributed by atoms with E-state index in [0.717, 1.165) is 18.7 Å². The van der Waals surface area contributed by atoms with Crippen molar-refractivity contribution in [1.82, 2.24) is 9.97 Å². The highest BCUT2D eigenvalue weighted by atomic mass is 16.5. The van der Waals surface area contributed by atoms with Crippen molar-refractivity contribution in [3.8, 4) is 11.8 Å². The highest BCUT2D eigenvalue weighted by Crippen LogP contribution is 2.40. The molecule has 1 heterocycles. The summed E-state index contributed by atoms with van der Waals surface area (Å²) in [6, 6.07) is 0. The third-order valence-corrected chi connectivity index (χ3v) is 2.59. The van der Waals surface area contributed by atoms with Gasteiger partial charge in [-0.1, -0.05) is 0 Å². The van der Waals surface area contributed by atoms with Crippen LogP contribution in [0.15, 0.2) is 0 Å². The van der Waals surface area contributed by atoms with Crippen LogP contribution in [0.25, 0.3) is 0 Å². The average molecular weight is 238 g/mol. The van der Waals surface area contributed by atoms with E-state index in [1.54, 1.807) is 0 Å². The number of aliphatic hydroxyl groups is 1. The molecule has 5 heteroatoms. The zero-order chi connectivity index (χ0) is 12.4. The highest BCUT2D eigenvalue weighted by Gasteiger charge is 2.29. The van der Waals surface area contributed by atoms with Crippen LogP contribution < -0.4 is 9.47 Å². The van der Waals surface area contributed by atoms with E-state index in [1.807, 2.05) is 13.8 Å². The van der Waals surface area contributed by atoms with Gasteiger partial charge in [-0.25, -0.2) is 0 Å². The van der Waals surface area contributed by atoms with E-state index in [2.05, 4.69) is 9.97 Å². The molecule has 1 N–H and O–H groups in total. The van der Waals surface area contributed by atoms with E-state index in [4.69, 9.17) is 9.47 Å². The van der Waals surface area contributed by atoms with Crippen LogP contribution in [0.3, 0.4) is 0 Å². The van der Waals surface area contributed by atoms with Gasteiger partial charge in [-0.2, -0.15) is 9.97 Å². The van der Waals surface area contributed by atoms with E-state index in [1.165, 1.54) is 7.11 Å². The van der Waals surface area contributed by atoms with Gasteiger partial charge >= 0.3 is 0 Å². The molecule has 0 atom stereocenters. The molecule has 2 rings (SSSR count). The van der Waals surface area contributed by atoms with Crippen LogP contribution in [0.5, 0.6) is 11.8 Å². The first-order valence-corrected chi connectivity index (χ1v) is 5.88. The minimum Gasteiger partial charge on any atom is -0.481 e. The van der Waals surface area contributed by atoms with Gasteiger partial charge in [0.2, 0.25) is 11.8 Å². The van der Waals surface area contributed by atoms with Crippen LogP contribution in [0.1, 0.15) is 44.0 Å². The Balaban J connectivity index is 2.40. The summed E-state index contributed by atoms with van der Waals surface area (Å²) in [4.78, 5) is 8.70. The Morgan fingerprint density at radius 2 is 1.94 bits per heavy atom. The number of hydrogen-bond donors (Lipinski definition) is 1.